The number of para-hydroxylation sites is 1. The third-order valence-electron chi connectivity index (χ3n) is 4.00. The molecule has 4 rings (SSSR count). The van der Waals surface area contributed by atoms with Crippen LogP contribution in [0, 0.1) is 0 Å². The number of benzene rings is 2. The monoisotopic (exact) mass is 365 g/mol. The van der Waals surface area contributed by atoms with Crippen LogP contribution in [-0.2, 0) is 0 Å². The summed E-state index contributed by atoms with van der Waals surface area (Å²) >= 11 is 1.29. The topological polar surface area (TPSA) is 65.7 Å². The van der Waals surface area contributed by atoms with Gasteiger partial charge in [-0.15, -0.1) is 10.2 Å². The van der Waals surface area contributed by atoms with Crippen molar-refractivity contribution in [1.82, 2.24) is 14.6 Å². The van der Waals surface area contributed by atoms with Crippen molar-refractivity contribution in [2.75, 3.05) is 14.2 Å². The lowest BCUT2D eigenvalue weighted by Gasteiger charge is -2.09. The molecule has 0 aliphatic rings. The molecule has 0 atom stereocenters. The molecule has 0 saturated heterocycles. The Morgan fingerprint density at radius 1 is 1.00 bits per heavy atom. The SMILES string of the molecule is COc1cccc(/C=c2\sc3nnc(-c4ccccc4)n3c2=O)c1OC. The zero-order chi connectivity index (χ0) is 18.1. The van der Waals surface area contributed by atoms with Crippen LogP contribution in [0.1, 0.15) is 5.56 Å². The summed E-state index contributed by atoms with van der Waals surface area (Å²) in [5.41, 5.74) is 1.46. The highest BCUT2D eigenvalue weighted by Crippen LogP contribution is 2.31. The van der Waals surface area contributed by atoms with Crippen molar-refractivity contribution in [3.05, 3.63) is 69.0 Å². The van der Waals surface area contributed by atoms with Crippen LogP contribution in [0.15, 0.2) is 53.3 Å². The second kappa shape index (κ2) is 6.61. The predicted molar refractivity (Wildman–Crippen MR) is 101 cm³/mol. The van der Waals surface area contributed by atoms with Gasteiger partial charge in [0.15, 0.2) is 17.3 Å². The quantitative estimate of drug-likeness (QED) is 0.556. The van der Waals surface area contributed by atoms with E-state index in [-0.39, 0.29) is 5.56 Å². The van der Waals surface area contributed by atoms with E-state index in [9.17, 15) is 4.79 Å². The Balaban J connectivity index is 1.92. The summed E-state index contributed by atoms with van der Waals surface area (Å²) in [4.78, 5) is 13.5. The van der Waals surface area contributed by atoms with E-state index >= 15 is 0 Å². The van der Waals surface area contributed by atoms with Gasteiger partial charge in [-0.25, -0.2) is 4.40 Å². The van der Waals surface area contributed by atoms with E-state index in [1.807, 2.05) is 48.5 Å². The smallest absolute Gasteiger partial charge is 0.276 e. The van der Waals surface area contributed by atoms with Crippen molar-refractivity contribution in [2.24, 2.45) is 0 Å². The number of nitrogens with zero attached hydrogens (tertiary/aromatic N) is 3. The molecule has 2 heterocycles. The largest absolute Gasteiger partial charge is 0.493 e. The Hall–Kier alpha value is -3.19. The van der Waals surface area contributed by atoms with Crippen molar-refractivity contribution in [1.29, 1.82) is 0 Å². The maximum Gasteiger partial charge on any atom is 0.276 e. The van der Waals surface area contributed by atoms with Crippen molar-refractivity contribution in [3.63, 3.8) is 0 Å². The van der Waals surface area contributed by atoms with Crippen LogP contribution in [0.25, 0.3) is 22.4 Å². The number of aromatic nitrogens is 3. The Labute approximate surface area is 153 Å². The molecule has 26 heavy (non-hydrogen) atoms. The highest BCUT2D eigenvalue weighted by atomic mass is 32.1. The second-order valence-corrected chi connectivity index (χ2v) is 6.52. The highest BCUT2D eigenvalue weighted by Gasteiger charge is 2.15. The minimum absolute atomic E-state index is 0.154. The van der Waals surface area contributed by atoms with Gasteiger partial charge in [0, 0.05) is 11.1 Å². The Bertz CT molecular complexity index is 1180. The van der Waals surface area contributed by atoms with Gasteiger partial charge in [0.1, 0.15) is 0 Å². The van der Waals surface area contributed by atoms with E-state index in [0.29, 0.717) is 26.8 Å². The lowest BCUT2D eigenvalue weighted by molar-refractivity contribution is 0.354. The molecule has 0 fully saturated rings. The fourth-order valence-electron chi connectivity index (χ4n) is 2.80. The lowest BCUT2D eigenvalue weighted by atomic mass is 10.2. The molecule has 7 heteroatoms. The maximum atomic E-state index is 12.9. The molecule has 0 unspecified atom stereocenters. The Morgan fingerprint density at radius 3 is 2.54 bits per heavy atom. The minimum atomic E-state index is -0.154. The first-order valence-electron chi connectivity index (χ1n) is 7.89. The van der Waals surface area contributed by atoms with Crippen molar-refractivity contribution >= 4 is 22.4 Å². The third kappa shape index (κ3) is 2.62. The van der Waals surface area contributed by atoms with Gasteiger partial charge in [0.25, 0.3) is 5.56 Å². The minimum Gasteiger partial charge on any atom is -0.493 e. The summed E-state index contributed by atoms with van der Waals surface area (Å²) in [6.45, 7) is 0. The summed E-state index contributed by atoms with van der Waals surface area (Å²) in [5.74, 6) is 1.74. The molecule has 2 aromatic heterocycles. The predicted octanol–water partition coefficient (Wildman–Crippen LogP) is 2.38. The number of fused-ring (bicyclic) bond motifs is 1. The molecule has 130 valence electrons. The van der Waals surface area contributed by atoms with Crippen LogP contribution in [-0.4, -0.2) is 28.8 Å². The average molecular weight is 365 g/mol. The van der Waals surface area contributed by atoms with Crippen LogP contribution >= 0.6 is 11.3 Å². The van der Waals surface area contributed by atoms with Gasteiger partial charge in [-0.3, -0.25) is 4.79 Å². The zero-order valence-electron chi connectivity index (χ0n) is 14.2. The molecule has 0 aliphatic heterocycles. The van der Waals surface area contributed by atoms with E-state index in [1.54, 1.807) is 24.7 Å². The molecule has 4 aromatic rings. The van der Waals surface area contributed by atoms with Crippen molar-refractivity contribution in [3.8, 4) is 22.9 Å². The first-order valence-corrected chi connectivity index (χ1v) is 8.70. The first kappa shape index (κ1) is 16.3. The first-order chi connectivity index (χ1) is 12.7. The average Bonchev–Trinajstić information content (AvgIpc) is 3.23. The Kier molecular flexibility index (Phi) is 4.14. The van der Waals surface area contributed by atoms with Crippen LogP contribution in [0.4, 0.5) is 0 Å². The summed E-state index contributed by atoms with van der Waals surface area (Å²) in [6.07, 6.45) is 1.79. The summed E-state index contributed by atoms with van der Waals surface area (Å²) in [6, 6.07) is 15.1. The molecular formula is C19H15N3O3S. The molecule has 0 amide bonds. The van der Waals surface area contributed by atoms with Crippen molar-refractivity contribution in [2.45, 2.75) is 0 Å². The van der Waals surface area contributed by atoms with Crippen LogP contribution < -0.4 is 19.6 Å². The van der Waals surface area contributed by atoms with Gasteiger partial charge < -0.3 is 9.47 Å². The number of thiazole rings is 1. The maximum absolute atomic E-state index is 12.9. The molecule has 0 radical (unpaired) electrons. The number of rotatable bonds is 4. The molecule has 0 N–H and O–H groups in total. The molecular weight excluding hydrogens is 350 g/mol. The standard InChI is InChI=1S/C19H15N3O3S/c1-24-14-10-6-9-13(16(14)25-2)11-15-18(23)22-17(20-21-19(22)26-15)12-7-4-3-5-8-12/h3-11H,1-2H3/b15-11-. The molecule has 0 saturated carbocycles. The summed E-state index contributed by atoms with van der Waals surface area (Å²) in [7, 11) is 3.16. The van der Waals surface area contributed by atoms with Gasteiger partial charge in [0.05, 0.1) is 18.8 Å². The fraction of sp³-hybridized carbons (Fsp3) is 0.105. The number of hydrogen-bond acceptors (Lipinski definition) is 6. The number of ether oxygens (including phenoxy) is 2. The third-order valence-corrected chi connectivity index (χ3v) is 4.96. The second-order valence-electron chi connectivity index (χ2n) is 5.51. The molecule has 6 nitrogen and oxygen atoms in total. The summed E-state index contributed by atoms with van der Waals surface area (Å²) < 4.78 is 12.9. The fourth-order valence-corrected chi connectivity index (χ4v) is 3.71. The normalized spacial score (nSPS) is 11.8. The van der Waals surface area contributed by atoms with E-state index < -0.39 is 0 Å². The van der Waals surface area contributed by atoms with E-state index in [4.69, 9.17) is 9.47 Å². The van der Waals surface area contributed by atoms with Gasteiger partial charge >= 0.3 is 0 Å². The van der Waals surface area contributed by atoms with Gasteiger partial charge in [0.2, 0.25) is 4.96 Å². The van der Waals surface area contributed by atoms with E-state index in [2.05, 4.69) is 10.2 Å². The molecule has 0 aliphatic carbocycles. The number of methoxy groups -OCH3 is 2. The highest BCUT2D eigenvalue weighted by molar-refractivity contribution is 7.15. The molecule has 2 aromatic carbocycles. The zero-order valence-corrected chi connectivity index (χ0v) is 15.0. The van der Waals surface area contributed by atoms with E-state index in [0.717, 1.165) is 11.1 Å². The van der Waals surface area contributed by atoms with Gasteiger partial charge in [-0.2, -0.15) is 0 Å². The van der Waals surface area contributed by atoms with Gasteiger partial charge in [-0.1, -0.05) is 53.8 Å². The lowest BCUT2D eigenvalue weighted by Crippen LogP contribution is -2.23. The summed E-state index contributed by atoms with van der Waals surface area (Å²) in [5, 5.41) is 8.31. The van der Waals surface area contributed by atoms with Crippen molar-refractivity contribution < 1.29 is 9.47 Å². The van der Waals surface area contributed by atoms with Crippen LogP contribution in [0.2, 0.25) is 0 Å². The van der Waals surface area contributed by atoms with Crippen LogP contribution in [0.3, 0.4) is 0 Å². The van der Waals surface area contributed by atoms with E-state index in [1.165, 1.54) is 11.3 Å². The van der Waals surface area contributed by atoms with Gasteiger partial charge in [-0.05, 0) is 12.1 Å². The number of hydrogen-bond donors (Lipinski definition) is 0. The van der Waals surface area contributed by atoms with Crippen LogP contribution in [0.5, 0.6) is 11.5 Å². The Morgan fingerprint density at radius 2 is 1.81 bits per heavy atom. The molecule has 0 spiro atoms. The molecule has 0 bridgehead atoms.